The molecule has 1 saturated heterocycles. The number of aryl methyl sites for hydroxylation is 2. The monoisotopic (exact) mass is 606 g/mol. The minimum absolute atomic E-state index is 0.0126. The highest BCUT2D eigenvalue weighted by Crippen LogP contribution is 2.47. The number of carbonyl (C=O) groups is 2. The van der Waals surface area contributed by atoms with Crippen LogP contribution in [-0.2, 0) is 5.41 Å². The van der Waals surface area contributed by atoms with E-state index >= 15 is 0 Å². The summed E-state index contributed by atoms with van der Waals surface area (Å²) in [6.07, 6.45) is 2.89. The van der Waals surface area contributed by atoms with E-state index in [-0.39, 0.29) is 23.3 Å². The number of amides is 3. The quantitative estimate of drug-likeness (QED) is 0.313. The molecule has 1 N–H and O–H groups in total. The Morgan fingerprint density at radius 1 is 0.976 bits per heavy atom. The zero-order valence-electron chi connectivity index (χ0n) is 24.9. The molecule has 3 aromatic carbocycles. The van der Waals surface area contributed by atoms with Gasteiger partial charge < -0.3 is 15.1 Å². The van der Waals surface area contributed by atoms with Crippen molar-refractivity contribution in [1.29, 1.82) is 0 Å². The Bertz CT molecular complexity index is 1450. The van der Waals surface area contributed by atoms with Crippen LogP contribution in [0.3, 0.4) is 0 Å². The third kappa shape index (κ3) is 6.31. The number of hydrogen-bond acceptors (Lipinski definition) is 3. The van der Waals surface area contributed by atoms with Crippen molar-refractivity contribution in [2.24, 2.45) is 0 Å². The van der Waals surface area contributed by atoms with Crippen molar-refractivity contribution in [3.63, 3.8) is 0 Å². The highest BCUT2D eigenvalue weighted by molar-refractivity contribution is 6.42. The van der Waals surface area contributed by atoms with E-state index in [2.05, 4.69) is 34.5 Å². The average Bonchev–Trinajstić information content (AvgIpc) is 3.30. The van der Waals surface area contributed by atoms with Crippen LogP contribution in [0.15, 0.2) is 60.7 Å². The Kier molecular flexibility index (Phi) is 9.17. The smallest absolute Gasteiger partial charge is 0.321 e. The Morgan fingerprint density at radius 2 is 1.67 bits per heavy atom. The van der Waals surface area contributed by atoms with Crippen molar-refractivity contribution in [2.45, 2.75) is 44.4 Å². The van der Waals surface area contributed by atoms with Gasteiger partial charge in [0.25, 0.3) is 5.91 Å². The van der Waals surface area contributed by atoms with Crippen molar-refractivity contribution in [2.75, 3.05) is 51.7 Å². The number of benzene rings is 3. The van der Waals surface area contributed by atoms with Gasteiger partial charge in [0.2, 0.25) is 0 Å². The third-order valence-electron chi connectivity index (χ3n) is 9.02. The van der Waals surface area contributed by atoms with E-state index in [4.69, 9.17) is 23.2 Å². The number of fused-ring (bicyclic) bond motifs is 2. The molecule has 6 nitrogen and oxygen atoms in total. The second-order valence-electron chi connectivity index (χ2n) is 12.0. The number of urea groups is 1. The molecule has 3 aromatic rings. The van der Waals surface area contributed by atoms with E-state index in [1.54, 1.807) is 7.05 Å². The number of para-hydroxylation sites is 1. The number of nitrogens with zero attached hydrogens (tertiary/aromatic N) is 3. The van der Waals surface area contributed by atoms with Crippen molar-refractivity contribution in [3.8, 4) is 0 Å². The molecule has 1 fully saturated rings. The zero-order chi connectivity index (χ0) is 30.0. The molecule has 1 atom stereocenters. The van der Waals surface area contributed by atoms with Crippen LogP contribution in [-0.4, -0.2) is 68.6 Å². The maximum Gasteiger partial charge on any atom is 0.321 e. The molecule has 0 saturated carbocycles. The van der Waals surface area contributed by atoms with Crippen molar-refractivity contribution in [3.05, 3.63) is 98.5 Å². The maximum atomic E-state index is 13.4. The predicted molar refractivity (Wildman–Crippen MR) is 172 cm³/mol. The summed E-state index contributed by atoms with van der Waals surface area (Å²) in [6, 6.07) is 20.1. The summed E-state index contributed by atoms with van der Waals surface area (Å²) in [5.41, 5.74) is 6.27. The number of rotatable bonds is 7. The zero-order valence-corrected chi connectivity index (χ0v) is 26.4. The van der Waals surface area contributed by atoms with Gasteiger partial charge >= 0.3 is 6.03 Å². The van der Waals surface area contributed by atoms with Crippen LogP contribution in [0, 0.1) is 13.8 Å². The summed E-state index contributed by atoms with van der Waals surface area (Å²) < 4.78 is 0. The lowest BCUT2D eigenvalue weighted by molar-refractivity contribution is 0.0780. The van der Waals surface area contributed by atoms with Gasteiger partial charge in [0.05, 0.1) is 10.0 Å². The van der Waals surface area contributed by atoms with Crippen molar-refractivity contribution < 1.29 is 9.59 Å². The largest absolute Gasteiger partial charge is 0.341 e. The molecule has 0 radical (unpaired) electrons. The van der Waals surface area contributed by atoms with Crippen LogP contribution in [0.25, 0.3) is 0 Å². The van der Waals surface area contributed by atoms with Crippen LogP contribution in [0.5, 0.6) is 0 Å². The Labute approximate surface area is 259 Å². The molecular formula is C34H40Cl2N4O2. The van der Waals surface area contributed by atoms with E-state index in [1.165, 1.54) is 5.56 Å². The molecule has 3 amide bonds. The molecule has 8 heteroatoms. The molecule has 0 aliphatic carbocycles. The summed E-state index contributed by atoms with van der Waals surface area (Å²) >= 11 is 12.7. The van der Waals surface area contributed by atoms with Crippen LogP contribution in [0.4, 0.5) is 10.5 Å². The minimum atomic E-state index is -0.0503. The van der Waals surface area contributed by atoms with Gasteiger partial charge in [-0.15, -0.1) is 0 Å². The first-order valence-electron chi connectivity index (χ1n) is 14.7. The molecule has 5 rings (SSSR count). The van der Waals surface area contributed by atoms with E-state index in [9.17, 15) is 9.59 Å². The Balaban J connectivity index is 1.28. The summed E-state index contributed by atoms with van der Waals surface area (Å²) in [7, 11) is 3.57. The minimum Gasteiger partial charge on any atom is -0.341 e. The second kappa shape index (κ2) is 12.7. The first-order valence-corrected chi connectivity index (χ1v) is 15.5. The normalized spacial score (nSPS) is 16.8. The fourth-order valence-corrected chi connectivity index (χ4v) is 7.09. The highest BCUT2D eigenvalue weighted by atomic mass is 35.5. The standard InChI is InChI=1S/C34H40Cl2N4O2/c1-23-17-24(2)19-27(18-23)32(41)38(4)21-26(25-9-10-29(35)30(36)20-25)11-14-39-15-12-34(13-16-39)22-40(33(42)37-3)31-8-6-5-7-28(31)34/h5-10,17-20,26H,11-16,21-22H2,1-4H3,(H,37,42)/t26-/m1/s1. The molecule has 222 valence electrons. The van der Waals surface area contributed by atoms with Gasteiger partial charge in [0, 0.05) is 49.8 Å². The van der Waals surface area contributed by atoms with Gasteiger partial charge in [0.1, 0.15) is 0 Å². The van der Waals surface area contributed by atoms with Gasteiger partial charge in [-0.2, -0.15) is 0 Å². The first kappa shape index (κ1) is 30.4. The van der Waals surface area contributed by atoms with Gasteiger partial charge in [-0.1, -0.05) is 64.7 Å². The number of piperidine rings is 1. The van der Waals surface area contributed by atoms with Crippen molar-refractivity contribution in [1.82, 2.24) is 15.1 Å². The van der Waals surface area contributed by atoms with E-state index in [0.717, 1.165) is 67.8 Å². The number of halogens is 2. The molecular weight excluding hydrogens is 567 g/mol. The lowest BCUT2D eigenvalue weighted by Crippen LogP contribution is -2.47. The summed E-state index contributed by atoms with van der Waals surface area (Å²) in [5.74, 6) is 0.124. The van der Waals surface area contributed by atoms with Crippen LogP contribution < -0.4 is 10.2 Å². The number of likely N-dealkylation sites (N-methyl/N-ethyl adjacent to an activating group) is 1. The Hall–Kier alpha value is -3.06. The summed E-state index contributed by atoms with van der Waals surface area (Å²) in [6.45, 7) is 8.17. The number of carbonyl (C=O) groups excluding carboxylic acids is 2. The maximum absolute atomic E-state index is 13.4. The van der Waals surface area contributed by atoms with Crippen molar-refractivity contribution >= 4 is 40.8 Å². The Morgan fingerprint density at radius 3 is 2.33 bits per heavy atom. The number of likely N-dealkylation sites (tertiary alicyclic amines) is 1. The van der Waals surface area contributed by atoms with Gasteiger partial charge in [0.15, 0.2) is 0 Å². The molecule has 2 aliphatic rings. The van der Waals surface area contributed by atoms with Gasteiger partial charge in [-0.3, -0.25) is 9.69 Å². The first-order chi connectivity index (χ1) is 20.1. The fraction of sp³-hybridized carbons (Fsp3) is 0.412. The lowest BCUT2D eigenvalue weighted by Gasteiger charge is -2.40. The van der Waals surface area contributed by atoms with E-state index < -0.39 is 0 Å². The van der Waals surface area contributed by atoms with E-state index in [0.29, 0.717) is 22.2 Å². The molecule has 2 aliphatic heterocycles. The topological polar surface area (TPSA) is 55.9 Å². The molecule has 0 unspecified atom stereocenters. The SMILES string of the molecule is CNC(=O)N1CC2(CCN(CC[C@H](CN(C)C(=O)c3cc(C)cc(C)c3)c3ccc(Cl)c(Cl)c3)CC2)c2ccccc21. The van der Waals surface area contributed by atoms with Crippen LogP contribution in [0.1, 0.15) is 57.8 Å². The number of anilines is 1. The van der Waals surface area contributed by atoms with Crippen LogP contribution in [0.2, 0.25) is 10.0 Å². The molecule has 2 heterocycles. The molecule has 42 heavy (non-hydrogen) atoms. The summed E-state index contributed by atoms with van der Waals surface area (Å²) in [4.78, 5) is 32.3. The molecule has 0 aromatic heterocycles. The second-order valence-corrected chi connectivity index (χ2v) is 12.8. The highest BCUT2D eigenvalue weighted by Gasteiger charge is 2.46. The number of hydrogen-bond donors (Lipinski definition) is 1. The average molecular weight is 608 g/mol. The van der Waals surface area contributed by atoms with E-state index in [1.807, 2.05) is 67.1 Å². The van der Waals surface area contributed by atoms with Gasteiger partial charge in [-0.05, 0) is 94.2 Å². The summed E-state index contributed by atoms with van der Waals surface area (Å²) in [5, 5.41) is 3.87. The molecule has 1 spiro atoms. The predicted octanol–water partition coefficient (Wildman–Crippen LogP) is 7.05. The van der Waals surface area contributed by atoms with Crippen LogP contribution >= 0.6 is 23.2 Å². The lowest BCUT2D eigenvalue weighted by atomic mass is 9.74. The molecule has 0 bridgehead atoms. The van der Waals surface area contributed by atoms with Gasteiger partial charge in [-0.25, -0.2) is 4.79 Å². The third-order valence-corrected chi connectivity index (χ3v) is 9.76. The number of nitrogens with one attached hydrogen (secondary N) is 1. The fourth-order valence-electron chi connectivity index (χ4n) is 6.78.